The molecule has 0 aliphatic carbocycles. The van der Waals surface area contributed by atoms with Gasteiger partial charge in [-0.25, -0.2) is 4.68 Å². The zero-order chi connectivity index (χ0) is 20.5. The lowest BCUT2D eigenvalue weighted by molar-refractivity contribution is -0.0508. The predicted octanol–water partition coefficient (Wildman–Crippen LogP) is 5.31. The molecule has 1 aliphatic heterocycles. The molecular formula is C20H20BrF2N5O. The van der Waals surface area contributed by atoms with Gasteiger partial charge in [0.15, 0.2) is 0 Å². The molecule has 0 unspecified atom stereocenters. The van der Waals surface area contributed by atoms with E-state index in [1.54, 1.807) is 16.8 Å². The van der Waals surface area contributed by atoms with Gasteiger partial charge in [-0.3, -0.25) is 0 Å². The van der Waals surface area contributed by atoms with Crippen molar-refractivity contribution >= 4 is 21.9 Å². The molecule has 1 N–H and O–H groups in total. The first-order valence-corrected chi connectivity index (χ1v) is 10.1. The Bertz CT molecular complexity index is 993. The van der Waals surface area contributed by atoms with Crippen molar-refractivity contribution in [2.24, 2.45) is 0 Å². The summed E-state index contributed by atoms with van der Waals surface area (Å²) in [4.78, 5) is 0. The van der Waals surface area contributed by atoms with E-state index in [1.807, 2.05) is 0 Å². The minimum atomic E-state index is -2.91. The molecule has 0 amide bonds. The third kappa shape index (κ3) is 4.10. The number of rotatable bonds is 5. The fraction of sp³-hybridized carbons (Fsp3) is 0.350. The number of benzene rings is 2. The third-order valence-corrected chi connectivity index (χ3v) is 5.60. The molecule has 2 heterocycles. The molecular weight excluding hydrogens is 444 g/mol. The molecule has 0 radical (unpaired) electrons. The van der Waals surface area contributed by atoms with E-state index in [-0.39, 0.29) is 17.8 Å². The normalized spacial score (nSPS) is 18.6. The molecule has 0 saturated carbocycles. The van der Waals surface area contributed by atoms with E-state index in [2.05, 4.69) is 74.9 Å². The van der Waals surface area contributed by atoms with E-state index >= 15 is 0 Å². The Kier molecular flexibility index (Phi) is 5.49. The van der Waals surface area contributed by atoms with Crippen LogP contribution in [0.1, 0.15) is 55.0 Å². The van der Waals surface area contributed by atoms with Gasteiger partial charge in [0, 0.05) is 10.0 Å². The second kappa shape index (κ2) is 8.06. The third-order valence-electron chi connectivity index (χ3n) is 5.10. The number of hydrogen-bond acceptors (Lipinski definition) is 5. The first kappa shape index (κ1) is 19.8. The minimum absolute atomic E-state index is 0.0712. The quantitative estimate of drug-likeness (QED) is 0.555. The van der Waals surface area contributed by atoms with E-state index in [9.17, 15) is 8.78 Å². The lowest BCUT2D eigenvalue weighted by Crippen LogP contribution is -2.28. The summed E-state index contributed by atoms with van der Waals surface area (Å²) in [5.41, 5.74) is 2.93. The molecule has 0 bridgehead atoms. The Balaban J connectivity index is 1.72. The van der Waals surface area contributed by atoms with Gasteiger partial charge in [-0.1, -0.05) is 59.1 Å². The van der Waals surface area contributed by atoms with Gasteiger partial charge < -0.3 is 10.1 Å². The van der Waals surface area contributed by atoms with Crippen LogP contribution in [-0.4, -0.2) is 26.8 Å². The zero-order valence-corrected chi connectivity index (χ0v) is 17.5. The fourth-order valence-corrected chi connectivity index (χ4v) is 3.99. The Morgan fingerprint density at radius 2 is 1.93 bits per heavy atom. The van der Waals surface area contributed by atoms with Crippen LogP contribution in [0.3, 0.4) is 0 Å². The highest BCUT2D eigenvalue weighted by atomic mass is 79.9. The van der Waals surface area contributed by atoms with Crippen LogP contribution in [-0.2, 0) is 0 Å². The Labute approximate surface area is 175 Å². The molecule has 2 atom stereocenters. The van der Waals surface area contributed by atoms with Gasteiger partial charge in [0.1, 0.15) is 5.75 Å². The van der Waals surface area contributed by atoms with Crippen LogP contribution < -0.4 is 10.1 Å². The molecule has 0 fully saturated rings. The van der Waals surface area contributed by atoms with E-state index < -0.39 is 6.61 Å². The van der Waals surface area contributed by atoms with Crippen molar-refractivity contribution in [2.45, 2.75) is 44.9 Å². The lowest BCUT2D eigenvalue weighted by atomic mass is 9.91. The van der Waals surface area contributed by atoms with E-state index in [4.69, 9.17) is 4.74 Å². The van der Waals surface area contributed by atoms with Gasteiger partial charge in [-0.05, 0) is 52.1 Å². The second-order valence-corrected chi connectivity index (χ2v) is 8.19. The topological polar surface area (TPSA) is 64.9 Å². The smallest absolute Gasteiger partial charge is 0.387 e. The molecule has 3 aromatic rings. The summed E-state index contributed by atoms with van der Waals surface area (Å²) < 4.78 is 33.1. The number of tetrazole rings is 1. The van der Waals surface area contributed by atoms with Crippen LogP contribution >= 0.6 is 15.9 Å². The van der Waals surface area contributed by atoms with Crippen molar-refractivity contribution < 1.29 is 13.5 Å². The Morgan fingerprint density at radius 1 is 1.17 bits per heavy atom. The fourth-order valence-electron chi connectivity index (χ4n) is 3.61. The molecule has 9 heteroatoms. The van der Waals surface area contributed by atoms with Crippen molar-refractivity contribution in [1.29, 1.82) is 0 Å². The van der Waals surface area contributed by atoms with Crippen LogP contribution in [0.5, 0.6) is 5.75 Å². The molecule has 152 valence electrons. The number of anilines is 1. The first-order chi connectivity index (χ1) is 13.9. The first-order valence-electron chi connectivity index (χ1n) is 9.31. The average Bonchev–Trinajstić information content (AvgIpc) is 3.17. The second-order valence-electron chi connectivity index (χ2n) is 7.28. The number of nitrogens with one attached hydrogen (secondary N) is 1. The van der Waals surface area contributed by atoms with E-state index in [0.717, 1.165) is 10.0 Å². The van der Waals surface area contributed by atoms with Gasteiger partial charge in [0.25, 0.3) is 0 Å². The summed E-state index contributed by atoms with van der Waals surface area (Å²) in [6.45, 7) is 1.38. The number of aromatic nitrogens is 4. The van der Waals surface area contributed by atoms with E-state index in [1.165, 1.54) is 11.6 Å². The predicted molar refractivity (Wildman–Crippen MR) is 108 cm³/mol. The summed E-state index contributed by atoms with van der Waals surface area (Å²) in [5.74, 6) is 1.05. The van der Waals surface area contributed by atoms with Gasteiger partial charge in [-0.2, -0.15) is 8.78 Å². The molecule has 2 aromatic carbocycles. The molecule has 4 rings (SSSR count). The maximum absolute atomic E-state index is 13.0. The average molecular weight is 464 g/mol. The van der Waals surface area contributed by atoms with Gasteiger partial charge in [0.05, 0.1) is 12.1 Å². The molecule has 0 spiro atoms. The van der Waals surface area contributed by atoms with Gasteiger partial charge in [-0.15, -0.1) is 0 Å². The molecule has 1 aliphatic rings. The molecule has 0 saturated heterocycles. The van der Waals surface area contributed by atoms with Crippen molar-refractivity contribution in [3.63, 3.8) is 0 Å². The summed E-state index contributed by atoms with van der Waals surface area (Å²) in [5, 5.41) is 15.2. The van der Waals surface area contributed by atoms with Crippen LogP contribution in [0, 0.1) is 0 Å². The highest BCUT2D eigenvalue weighted by molar-refractivity contribution is 9.10. The number of nitrogens with zero attached hydrogens (tertiary/aromatic N) is 4. The highest BCUT2D eigenvalue weighted by Crippen LogP contribution is 2.41. The summed E-state index contributed by atoms with van der Waals surface area (Å²) in [6, 6.07) is 12.9. The standard InChI is InChI=1S/C20H20BrF2N5O/c1-11(2)12-3-5-13(6-4-12)16-10-17(28-20(24-16)25-26-27-28)15-9-14(21)7-8-18(15)29-19(22)23/h3-9,11,16-17,19H,10H2,1-2H3,(H,24,25,27)/t16-,17-/m1/s1. The minimum Gasteiger partial charge on any atom is -0.434 e. The maximum Gasteiger partial charge on any atom is 0.387 e. The Hall–Kier alpha value is -2.55. The van der Waals surface area contributed by atoms with Gasteiger partial charge in [0.2, 0.25) is 5.95 Å². The summed E-state index contributed by atoms with van der Waals surface area (Å²) >= 11 is 3.42. The highest BCUT2D eigenvalue weighted by Gasteiger charge is 2.33. The molecule has 29 heavy (non-hydrogen) atoms. The monoisotopic (exact) mass is 463 g/mol. The number of hydrogen-bond donors (Lipinski definition) is 1. The van der Waals surface area contributed by atoms with Crippen molar-refractivity contribution in [2.75, 3.05) is 5.32 Å². The zero-order valence-electron chi connectivity index (χ0n) is 15.9. The van der Waals surface area contributed by atoms with Crippen LogP contribution in [0.2, 0.25) is 0 Å². The maximum atomic E-state index is 13.0. The number of fused-ring (bicyclic) bond motifs is 1. The van der Waals surface area contributed by atoms with E-state index in [0.29, 0.717) is 23.9 Å². The van der Waals surface area contributed by atoms with Crippen molar-refractivity contribution in [1.82, 2.24) is 20.2 Å². The molecule has 6 nitrogen and oxygen atoms in total. The Morgan fingerprint density at radius 3 is 2.62 bits per heavy atom. The summed E-state index contributed by atoms with van der Waals surface area (Å²) in [7, 11) is 0. The summed E-state index contributed by atoms with van der Waals surface area (Å²) in [6.07, 6.45) is 0.578. The van der Waals surface area contributed by atoms with Crippen LogP contribution in [0.25, 0.3) is 0 Å². The number of alkyl halides is 2. The van der Waals surface area contributed by atoms with Crippen molar-refractivity contribution in [3.8, 4) is 5.75 Å². The largest absolute Gasteiger partial charge is 0.434 e. The number of ether oxygens (including phenoxy) is 1. The van der Waals surface area contributed by atoms with Gasteiger partial charge >= 0.3 is 6.61 Å². The van der Waals surface area contributed by atoms with Crippen molar-refractivity contribution in [3.05, 3.63) is 63.6 Å². The molecule has 1 aromatic heterocycles. The lowest BCUT2D eigenvalue weighted by Gasteiger charge is -2.32. The SMILES string of the molecule is CC(C)c1ccc([C@H]2C[C@H](c3cc(Br)ccc3OC(F)F)n3nnnc3N2)cc1. The van der Waals surface area contributed by atoms with Crippen LogP contribution in [0.15, 0.2) is 46.9 Å². The number of halogens is 3. The van der Waals surface area contributed by atoms with Crippen LogP contribution in [0.4, 0.5) is 14.7 Å².